The summed E-state index contributed by atoms with van der Waals surface area (Å²) in [5.74, 6) is 0.232. The van der Waals surface area contributed by atoms with Crippen LogP contribution < -0.4 is 10.5 Å². The monoisotopic (exact) mass is 241 g/mol. The van der Waals surface area contributed by atoms with Crippen molar-refractivity contribution in [3.05, 3.63) is 28.8 Å². The first-order valence-electron chi connectivity index (χ1n) is 4.91. The Morgan fingerprint density at radius 1 is 1.56 bits per heavy atom. The zero-order valence-corrected chi connectivity index (χ0v) is 9.53. The number of cyclic esters (lactones) is 1. The summed E-state index contributed by atoms with van der Waals surface area (Å²) in [7, 11) is 1.55. The summed E-state index contributed by atoms with van der Waals surface area (Å²) < 4.78 is 10.2. The summed E-state index contributed by atoms with van der Waals surface area (Å²) in [4.78, 5) is 11.2. The van der Waals surface area contributed by atoms with E-state index in [-0.39, 0.29) is 12.1 Å². The van der Waals surface area contributed by atoms with Crippen molar-refractivity contribution in [1.82, 2.24) is 0 Å². The Balaban J connectivity index is 2.22. The van der Waals surface area contributed by atoms with E-state index in [2.05, 4.69) is 0 Å². The van der Waals surface area contributed by atoms with E-state index in [9.17, 15) is 4.79 Å². The molecule has 1 aromatic carbocycles. The number of carbonyl (C=O) groups is 1. The van der Waals surface area contributed by atoms with Crippen LogP contribution in [0.3, 0.4) is 0 Å². The number of methoxy groups -OCH3 is 1. The number of hydrogen-bond acceptors (Lipinski definition) is 4. The number of carbonyl (C=O) groups excluding carboxylic acids is 1. The molecular formula is C11H12ClNO3. The summed E-state index contributed by atoms with van der Waals surface area (Å²) in [6.45, 7) is 0. The number of ether oxygens (including phenoxy) is 2. The van der Waals surface area contributed by atoms with Gasteiger partial charge in [0.2, 0.25) is 0 Å². The van der Waals surface area contributed by atoms with Crippen molar-refractivity contribution in [3.8, 4) is 5.75 Å². The average molecular weight is 242 g/mol. The Morgan fingerprint density at radius 2 is 2.31 bits per heavy atom. The second-order valence-corrected chi connectivity index (χ2v) is 4.07. The van der Waals surface area contributed by atoms with Gasteiger partial charge in [0.05, 0.1) is 12.1 Å². The van der Waals surface area contributed by atoms with E-state index in [1.807, 2.05) is 6.07 Å². The number of rotatable bonds is 2. The van der Waals surface area contributed by atoms with Crippen molar-refractivity contribution in [1.29, 1.82) is 0 Å². The van der Waals surface area contributed by atoms with Crippen molar-refractivity contribution in [2.45, 2.75) is 18.6 Å². The lowest BCUT2D eigenvalue weighted by atomic mass is 10.1. The van der Waals surface area contributed by atoms with Crippen LogP contribution >= 0.6 is 11.6 Å². The van der Waals surface area contributed by atoms with Crippen molar-refractivity contribution < 1.29 is 14.3 Å². The van der Waals surface area contributed by atoms with E-state index >= 15 is 0 Å². The molecule has 1 aromatic rings. The summed E-state index contributed by atoms with van der Waals surface area (Å²) >= 11 is 5.98. The molecule has 0 bridgehead atoms. The normalized spacial score (nSPS) is 24.3. The summed E-state index contributed by atoms with van der Waals surface area (Å²) in [6.07, 6.45) is 0.188. The van der Waals surface area contributed by atoms with Crippen LogP contribution in [-0.4, -0.2) is 19.1 Å². The van der Waals surface area contributed by atoms with Gasteiger partial charge in [-0.2, -0.15) is 0 Å². The Bertz CT molecular complexity index is 422. The van der Waals surface area contributed by atoms with Gasteiger partial charge in [-0.3, -0.25) is 4.79 Å². The zero-order chi connectivity index (χ0) is 11.7. The molecule has 5 heteroatoms. The highest BCUT2D eigenvalue weighted by Crippen LogP contribution is 2.33. The first-order chi connectivity index (χ1) is 7.61. The summed E-state index contributed by atoms with van der Waals surface area (Å²) in [5, 5.41) is 0.497. The molecule has 0 spiro atoms. The summed E-state index contributed by atoms with van der Waals surface area (Å²) in [5.41, 5.74) is 6.41. The largest absolute Gasteiger partial charge is 0.495 e. The van der Waals surface area contributed by atoms with Gasteiger partial charge in [0.25, 0.3) is 0 Å². The molecular weight excluding hydrogens is 230 g/mol. The van der Waals surface area contributed by atoms with Crippen LogP contribution in [0.25, 0.3) is 0 Å². The van der Waals surface area contributed by atoms with Gasteiger partial charge >= 0.3 is 5.97 Å². The van der Waals surface area contributed by atoms with Gasteiger partial charge in [-0.25, -0.2) is 0 Å². The van der Waals surface area contributed by atoms with Crippen molar-refractivity contribution in [3.63, 3.8) is 0 Å². The molecule has 16 heavy (non-hydrogen) atoms. The quantitative estimate of drug-likeness (QED) is 0.800. The van der Waals surface area contributed by atoms with Gasteiger partial charge in [-0.15, -0.1) is 0 Å². The molecule has 2 rings (SSSR count). The molecule has 0 saturated carbocycles. The molecule has 1 fully saturated rings. The highest BCUT2D eigenvalue weighted by molar-refractivity contribution is 6.32. The van der Waals surface area contributed by atoms with Gasteiger partial charge in [0.15, 0.2) is 0 Å². The molecule has 0 aromatic heterocycles. The molecule has 2 atom stereocenters. The van der Waals surface area contributed by atoms with Crippen LogP contribution in [0.1, 0.15) is 18.1 Å². The van der Waals surface area contributed by atoms with Crippen LogP contribution in [0.2, 0.25) is 5.02 Å². The maximum Gasteiger partial charge on any atom is 0.323 e. The minimum atomic E-state index is -0.536. The zero-order valence-electron chi connectivity index (χ0n) is 8.77. The fourth-order valence-corrected chi connectivity index (χ4v) is 1.96. The number of esters is 1. The standard InChI is InChI=1S/C11H12ClNO3/c1-15-9-3-2-6(4-7(9)12)10-5-8(13)11(14)16-10/h2-4,8,10H,5,13H2,1H3. The Kier molecular flexibility index (Phi) is 3.03. The number of hydrogen-bond donors (Lipinski definition) is 1. The predicted molar refractivity (Wildman–Crippen MR) is 59.4 cm³/mol. The second-order valence-electron chi connectivity index (χ2n) is 3.66. The van der Waals surface area contributed by atoms with Gasteiger partial charge < -0.3 is 15.2 Å². The number of benzene rings is 1. The fraction of sp³-hybridized carbons (Fsp3) is 0.364. The molecule has 4 nitrogen and oxygen atoms in total. The van der Waals surface area contributed by atoms with Gasteiger partial charge in [-0.05, 0) is 17.7 Å². The minimum absolute atomic E-state index is 0.300. The highest BCUT2D eigenvalue weighted by atomic mass is 35.5. The predicted octanol–water partition coefficient (Wildman–Crippen LogP) is 1.66. The van der Waals surface area contributed by atoms with E-state index in [1.165, 1.54) is 0 Å². The molecule has 2 unspecified atom stereocenters. The molecule has 1 heterocycles. The SMILES string of the molecule is COc1ccc(C2CC(N)C(=O)O2)cc1Cl. The average Bonchev–Trinajstić information content (AvgIpc) is 2.59. The van der Waals surface area contributed by atoms with Crippen LogP contribution in [0.5, 0.6) is 5.75 Å². The van der Waals surface area contributed by atoms with Crippen LogP contribution in [-0.2, 0) is 9.53 Å². The van der Waals surface area contributed by atoms with Crippen molar-refractivity contribution >= 4 is 17.6 Å². The maximum absolute atomic E-state index is 11.2. The fourth-order valence-electron chi connectivity index (χ4n) is 1.69. The first kappa shape index (κ1) is 11.2. The van der Waals surface area contributed by atoms with Crippen LogP contribution in [0.4, 0.5) is 0 Å². The van der Waals surface area contributed by atoms with E-state index in [0.717, 1.165) is 5.56 Å². The topological polar surface area (TPSA) is 61.5 Å². The molecule has 86 valence electrons. The third-order valence-electron chi connectivity index (χ3n) is 2.58. The first-order valence-corrected chi connectivity index (χ1v) is 5.29. The van der Waals surface area contributed by atoms with Crippen molar-refractivity contribution in [2.24, 2.45) is 5.73 Å². The third kappa shape index (κ3) is 1.99. The minimum Gasteiger partial charge on any atom is -0.495 e. The molecule has 1 aliphatic heterocycles. The smallest absolute Gasteiger partial charge is 0.323 e. The van der Waals surface area contributed by atoms with Gasteiger partial charge in [0, 0.05) is 6.42 Å². The molecule has 0 aliphatic carbocycles. The van der Waals surface area contributed by atoms with E-state index in [0.29, 0.717) is 17.2 Å². The molecule has 1 saturated heterocycles. The van der Waals surface area contributed by atoms with Crippen LogP contribution in [0, 0.1) is 0 Å². The molecule has 2 N–H and O–H groups in total. The third-order valence-corrected chi connectivity index (χ3v) is 2.87. The lowest BCUT2D eigenvalue weighted by molar-refractivity contribution is -0.142. The number of nitrogens with two attached hydrogens (primary N) is 1. The highest BCUT2D eigenvalue weighted by Gasteiger charge is 2.32. The van der Waals surface area contributed by atoms with E-state index < -0.39 is 6.04 Å². The second kappa shape index (κ2) is 4.31. The van der Waals surface area contributed by atoms with Crippen LogP contribution in [0.15, 0.2) is 18.2 Å². The molecule has 1 aliphatic rings. The Morgan fingerprint density at radius 3 is 2.81 bits per heavy atom. The van der Waals surface area contributed by atoms with E-state index in [1.54, 1.807) is 19.2 Å². The molecule has 0 radical (unpaired) electrons. The lowest BCUT2D eigenvalue weighted by Crippen LogP contribution is -2.24. The van der Waals surface area contributed by atoms with Gasteiger partial charge in [0.1, 0.15) is 17.9 Å². The molecule has 0 amide bonds. The van der Waals surface area contributed by atoms with E-state index in [4.69, 9.17) is 26.8 Å². The maximum atomic E-state index is 11.2. The van der Waals surface area contributed by atoms with Crippen molar-refractivity contribution in [2.75, 3.05) is 7.11 Å². The summed E-state index contributed by atoms with van der Waals surface area (Å²) in [6, 6.07) is 4.76. The van der Waals surface area contributed by atoms with Gasteiger partial charge in [-0.1, -0.05) is 17.7 Å². The lowest BCUT2D eigenvalue weighted by Gasteiger charge is -2.11. The Labute approximate surface area is 98.3 Å². The number of halogens is 1. The Hall–Kier alpha value is -1.26.